The van der Waals surface area contributed by atoms with Gasteiger partial charge in [0.05, 0.1) is 0 Å². The number of methoxy groups -OCH3 is 4. The van der Waals surface area contributed by atoms with Gasteiger partial charge in [0.1, 0.15) is 0 Å². The maximum absolute atomic E-state index is 5.95. The molecule has 10 heteroatoms. The van der Waals surface area contributed by atoms with Gasteiger partial charge in [-0.25, -0.2) is 0 Å². The molecule has 0 saturated heterocycles. The number of rotatable bonds is 12. The second kappa shape index (κ2) is 16.9. The molecule has 5 aromatic carbocycles. The van der Waals surface area contributed by atoms with Crippen molar-refractivity contribution in [2.24, 2.45) is 0 Å². The molecule has 0 unspecified atom stereocenters. The van der Waals surface area contributed by atoms with Gasteiger partial charge < -0.3 is 51.7 Å². The van der Waals surface area contributed by atoms with Crippen LogP contribution in [-0.4, -0.2) is 41.0 Å². The quantitative estimate of drug-likeness (QED) is 0.0798. The second-order valence-electron chi connectivity index (χ2n) is 10.6. The Morgan fingerprint density at radius 1 is 0.362 bits per heavy atom. The van der Waals surface area contributed by atoms with Crippen LogP contribution in [-0.2, 0) is 18.9 Å². The first-order valence-electron chi connectivity index (χ1n) is 15.0. The SMILES string of the molecule is COC(CC(OC)OC)OC.Nc1ccc(N(c2ccc(N)cc2)c2ccc(N(c3ccc(N)cc3)c3ccc(N)cc3)cc2)cc1. The lowest BCUT2D eigenvalue weighted by atomic mass is 10.1. The first kappa shape index (κ1) is 34.6. The molecule has 10 nitrogen and oxygen atoms in total. The van der Waals surface area contributed by atoms with Crippen molar-refractivity contribution >= 4 is 56.9 Å². The lowest BCUT2D eigenvalue weighted by molar-refractivity contribution is -0.178. The van der Waals surface area contributed by atoms with E-state index in [0.717, 1.165) is 34.1 Å². The maximum atomic E-state index is 5.95. The second-order valence-corrected chi connectivity index (χ2v) is 10.6. The van der Waals surface area contributed by atoms with Gasteiger partial charge >= 0.3 is 0 Å². The van der Waals surface area contributed by atoms with Crippen LogP contribution in [0, 0.1) is 0 Å². The summed E-state index contributed by atoms with van der Waals surface area (Å²) in [5, 5.41) is 0. The zero-order valence-electron chi connectivity index (χ0n) is 27.2. The van der Waals surface area contributed by atoms with Gasteiger partial charge in [-0.2, -0.15) is 0 Å². The van der Waals surface area contributed by atoms with Crippen LogP contribution in [0.15, 0.2) is 121 Å². The Labute approximate surface area is 277 Å². The van der Waals surface area contributed by atoms with E-state index in [1.165, 1.54) is 0 Å². The Bertz CT molecular complexity index is 1410. The third kappa shape index (κ3) is 9.38. The van der Waals surface area contributed by atoms with Crippen LogP contribution in [0.5, 0.6) is 0 Å². The van der Waals surface area contributed by atoms with E-state index < -0.39 is 0 Å². The van der Waals surface area contributed by atoms with E-state index in [0.29, 0.717) is 29.2 Å². The minimum absolute atomic E-state index is 0.264. The Morgan fingerprint density at radius 3 is 0.702 bits per heavy atom. The van der Waals surface area contributed by atoms with Crippen LogP contribution >= 0.6 is 0 Å². The molecule has 5 aromatic rings. The number of hydrogen-bond donors (Lipinski definition) is 4. The third-order valence-electron chi connectivity index (χ3n) is 7.41. The predicted octanol–water partition coefficient (Wildman–Crippen LogP) is 7.57. The fourth-order valence-corrected chi connectivity index (χ4v) is 4.87. The molecule has 0 amide bonds. The number of benzene rings is 5. The molecule has 0 radical (unpaired) electrons. The molecule has 0 spiro atoms. The maximum Gasteiger partial charge on any atom is 0.161 e. The van der Waals surface area contributed by atoms with E-state index in [1.54, 1.807) is 28.4 Å². The molecule has 0 saturated carbocycles. The van der Waals surface area contributed by atoms with E-state index >= 15 is 0 Å². The average Bonchev–Trinajstić information content (AvgIpc) is 3.10. The van der Waals surface area contributed by atoms with E-state index in [-0.39, 0.29) is 12.6 Å². The fourth-order valence-electron chi connectivity index (χ4n) is 4.87. The summed E-state index contributed by atoms with van der Waals surface area (Å²) in [4.78, 5) is 4.33. The van der Waals surface area contributed by atoms with Crippen LogP contribution in [0.1, 0.15) is 6.42 Å². The number of nitrogen functional groups attached to an aromatic ring is 4. The van der Waals surface area contributed by atoms with Crippen molar-refractivity contribution in [2.45, 2.75) is 19.0 Å². The first-order chi connectivity index (χ1) is 22.8. The van der Waals surface area contributed by atoms with Gasteiger partial charge in [0, 0.05) is 91.7 Å². The van der Waals surface area contributed by atoms with Gasteiger partial charge in [0.25, 0.3) is 0 Å². The molecule has 0 aliphatic rings. The van der Waals surface area contributed by atoms with Crippen LogP contribution in [0.25, 0.3) is 0 Å². The zero-order chi connectivity index (χ0) is 33.8. The van der Waals surface area contributed by atoms with Crippen molar-refractivity contribution in [2.75, 3.05) is 61.2 Å². The van der Waals surface area contributed by atoms with Crippen LogP contribution in [0.4, 0.5) is 56.9 Å². The van der Waals surface area contributed by atoms with Gasteiger partial charge in [-0.1, -0.05) is 0 Å². The average molecular weight is 637 g/mol. The first-order valence-corrected chi connectivity index (χ1v) is 15.0. The molecule has 0 aliphatic heterocycles. The summed E-state index contributed by atoms with van der Waals surface area (Å²) >= 11 is 0. The highest BCUT2D eigenvalue weighted by molar-refractivity contribution is 5.82. The van der Waals surface area contributed by atoms with Crippen molar-refractivity contribution in [1.82, 2.24) is 0 Å². The van der Waals surface area contributed by atoms with Crippen molar-refractivity contribution in [1.29, 1.82) is 0 Å². The van der Waals surface area contributed by atoms with Crippen LogP contribution in [0.2, 0.25) is 0 Å². The molecule has 0 atom stereocenters. The Balaban J connectivity index is 0.000000391. The highest BCUT2D eigenvalue weighted by Gasteiger charge is 2.16. The minimum atomic E-state index is -0.264. The van der Waals surface area contributed by atoms with Crippen LogP contribution in [0.3, 0.4) is 0 Å². The molecule has 0 bridgehead atoms. The molecule has 0 aliphatic carbocycles. The van der Waals surface area contributed by atoms with Crippen molar-refractivity contribution < 1.29 is 18.9 Å². The fraction of sp³-hybridized carbons (Fsp3) is 0.189. The molecule has 0 fully saturated rings. The highest BCUT2D eigenvalue weighted by Crippen LogP contribution is 2.39. The molecular formula is C37H44N6O4. The zero-order valence-corrected chi connectivity index (χ0v) is 27.2. The van der Waals surface area contributed by atoms with E-state index in [1.807, 2.05) is 97.1 Å². The smallest absolute Gasteiger partial charge is 0.161 e. The highest BCUT2D eigenvalue weighted by atomic mass is 16.7. The van der Waals surface area contributed by atoms with Gasteiger partial charge in [0.2, 0.25) is 0 Å². The third-order valence-corrected chi connectivity index (χ3v) is 7.41. The number of ether oxygens (including phenoxy) is 4. The van der Waals surface area contributed by atoms with Crippen molar-refractivity contribution in [3.63, 3.8) is 0 Å². The molecule has 0 heterocycles. The Hall–Kier alpha value is -5.26. The summed E-state index contributed by atoms with van der Waals surface area (Å²) in [6, 6.07) is 39.7. The van der Waals surface area contributed by atoms with E-state index in [4.69, 9.17) is 41.9 Å². The number of anilines is 10. The van der Waals surface area contributed by atoms with Gasteiger partial charge in [-0.15, -0.1) is 0 Å². The molecule has 0 aromatic heterocycles. The molecule has 5 rings (SSSR count). The lowest BCUT2D eigenvalue weighted by Crippen LogP contribution is -2.24. The monoisotopic (exact) mass is 636 g/mol. The van der Waals surface area contributed by atoms with Gasteiger partial charge in [-0.3, -0.25) is 0 Å². The lowest BCUT2D eigenvalue weighted by Gasteiger charge is -2.28. The molecule has 8 N–H and O–H groups in total. The van der Waals surface area contributed by atoms with Crippen LogP contribution < -0.4 is 32.7 Å². The van der Waals surface area contributed by atoms with E-state index in [2.05, 4.69) is 34.1 Å². The molecule has 47 heavy (non-hydrogen) atoms. The molecule has 246 valence electrons. The largest absolute Gasteiger partial charge is 0.399 e. The summed E-state index contributed by atoms with van der Waals surface area (Å²) in [7, 11) is 6.32. The van der Waals surface area contributed by atoms with Crippen molar-refractivity contribution in [3.8, 4) is 0 Å². The number of hydrogen-bond acceptors (Lipinski definition) is 10. The number of nitrogens with two attached hydrogens (primary N) is 4. The Morgan fingerprint density at radius 2 is 0.532 bits per heavy atom. The summed E-state index contributed by atoms with van der Waals surface area (Å²) < 4.78 is 19.8. The summed E-state index contributed by atoms with van der Waals surface area (Å²) in [5.74, 6) is 0. The summed E-state index contributed by atoms with van der Waals surface area (Å²) in [6.45, 7) is 0. The topological polar surface area (TPSA) is 147 Å². The minimum Gasteiger partial charge on any atom is -0.399 e. The van der Waals surface area contributed by atoms with Crippen molar-refractivity contribution in [3.05, 3.63) is 121 Å². The normalized spacial score (nSPS) is 10.9. The van der Waals surface area contributed by atoms with Gasteiger partial charge in [-0.05, 0) is 121 Å². The standard InChI is InChI=1S/C30H28N6.C7H16O4/c31-21-1-9-25(10-2-21)35(26-11-3-22(32)4-12-26)29-17-19-30(20-18-29)36(27-13-5-23(33)6-14-27)28-15-7-24(34)8-16-28;1-8-6(9-2)5-7(10-3)11-4/h1-20H,31-34H2;6-7H,5H2,1-4H3. The molecular weight excluding hydrogens is 592 g/mol. The Kier molecular flexibility index (Phi) is 12.4. The van der Waals surface area contributed by atoms with Gasteiger partial charge in [0.15, 0.2) is 12.6 Å². The predicted molar refractivity (Wildman–Crippen MR) is 194 cm³/mol. The van der Waals surface area contributed by atoms with E-state index in [9.17, 15) is 0 Å². The number of nitrogens with zero attached hydrogens (tertiary/aromatic N) is 2. The summed E-state index contributed by atoms with van der Waals surface area (Å²) in [6.07, 6.45) is 0.0415. The summed E-state index contributed by atoms with van der Waals surface area (Å²) in [5.41, 5.74) is 32.7.